The molecule has 12 nitrogen and oxygen atoms in total. The van der Waals surface area contributed by atoms with Crippen LogP contribution in [0.5, 0.6) is 5.75 Å². The van der Waals surface area contributed by atoms with Gasteiger partial charge >= 0.3 is 12.1 Å². The van der Waals surface area contributed by atoms with Crippen LogP contribution in [0.4, 0.5) is 16.2 Å². The summed E-state index contributed by atoms with van der Waals surface area (Å²) in [5.41, 5.74) is -0.879. The molecule has 2 N–H and O–H groups in total. The molecule has 0 radical (unpaired) electrons. The Hall–Kier alpha value is -3.38. The van der Waals surface area contributed by atoms with Crippen LogP contribution in [0.1, 0.15) is 53.9 Å². The number of fused-ring (bicyclic) bond motifs is 1. The van der Waals surface area contributed by atoms with Crippen LogP contribution in [0, 0.1) is 11.8 Å². The SMILES string of the molecule is COCCCN1C(=O)C(C)(C)Oc2ccc(N(C(=O)C3CN(C(=O)OC(C)(C)C)CC(C(=O)O)C3O)C3CC3)cc21. The fraction of sp³-hybridized carbons (Fsp3) is 0.655. The van der Waals surface area contributed by atoms with Gasteiger partial charge in [0.1, 0.15) is 17.3 Å². The van der Waals surface area contributed by atoms with Crippen molar-refractivity contribution in [2.75, 3.05) is 43.2 Å². The van der Waals surface area contributed by atoms with E-state index >= 15 is 0 Å². The zero-order valence-electron chi connectivity index (χ0n) is 24.6. The van der Waals surface area contributed by atoms with E-state index in [0.717, 1.165) is 12.8 Å². The molecule has 1 aliphatic carbocycles. The lowest BCUT2D eigenvalue weighted by molar-refractivity contribution is -0.153. The summed E-state index contributed by atoms with van der Waals surface area (Å²) in [6.07, 6.45) is -0.203. The highest BCUT2D eigenvalue weighted by Gasteiger charge is 2.49. The van der Waals surface area contributed by atoms with E-state index in [4.69, 9.17) is 14.2 Å². The Morgan fingerprint density at radius 1 is 1.15 bits per heavy atom. The summed E-state index contributed by atoms with van der Waals surface area (Å²) in [5.74, 6) is -4.07. The van der Waals surface area contributed by atoms with Gasteiger partial charge in [-0.25, -0.2) is 4.79 Å². The fourth-order valence-electron chi connectivity index (χ4n) is 5.29. The molecule has 41 heavy (non-hydrogen) atoms. The molecule has 1 aromatic carbocycles. The third-order valence-corrected chi connectivity index (χ3v) is 7.46. The first-order valence-corrected chi connectivity index (χ1v) is 14.0. The molecule has 3 atom stereocenters. The molecule has 1 aromatic rings. The van der Waals surface area contributed by atoms with Crippen LogP contribution >= 0.6 is 0 Å². The van der Waals surface area contributed by atoms with Crippen molar-refractivity contribution in [1.29, 1.82) is 0 Å². The minimum Gasteiger partial charge on any atom is -0.481 e. The number of carboxylic acid groups (broad SMARTS) is 1. The van der Waals surface area contributed by atoms with Crippen LogP contribution < -0.4 is 14.5 Å². The number of hydrogen-bond acceptors (Lipinski definition) is 8. The summed E-state index contributed by atoms with van der Waals surface area (Å²) < 4.78 is 16.6. The van der Waals surface area contributed by atoms with Gasteiger partial charge in [-0.1, -0.05) is 0 Å². The van der Waals surface area contributed by atoms with Crippen LogP contribution in [-0.4, -0.2) is 95.7 Å². The van der Waals surface area contributed by atoms with E-state index in [9.17, 15) is 29.4 Å². The quantitative estimate of drug-likeness (QED) is 0.447. The molecule has 4 rings (SSSR count). The minimum absolute atomic E-state index is 0.161. The number of nitrogens with zero attached hydrogens (tertiary/aromatic N) is 3. The number of likely N-dealkylation sites (tertiary alicyclic amines) is 1. The fourth-order valence-corrected chi connectivity index (χ4v) is 5.29. The van der Waals surface area contributed by atoms with E-state index in [1.807, 2.05) is 0 Å². The number of carbonyl (C=O) groups excluding carboxylic acids is 3. The molecular formula is C29H41N3O9. The average Bonchev–Trinajstić information content (AvgIpc) is 3.70. The molecule has 1 saturated carbocycles. The number of aliphatic hydroxyl groups excluding tert-OH is 1. The normalized spacial score (nSPS) is 23.9. The number of carboxylic acids is 1. The lowest BCUT2D eigenvalue weighted by Gasteiger charge is -2.42. The van der Waals surface area contributed by atoms with Gasteiger partial charge in [0.15, 0.2) is 5.60 Å². The van der Waals surface area contributed by atoms with Crippen molar-refractivity contribution in [2.45, 2.75) is 77.2 Å². The van der Waals surface area contributed by atoms with Gasteiger partial charge in [-0.3, -0.25) is 14.4 Å². The third kappa shape index (κ3) is 6.59. The maximum Gasteiger partial charge on any atom is 0.410 e. The Kier molecular flexibility index (Phi) is 8.56. The van der Waals surface area contributed by atoms with Crippen LogP contribution in [0.2, 0.25) is 0 Å². The number of aliphatic carboxylic acids is 1. The first-order chi connectivity index (χ1) is 19.1. The number of ether oxygens (including phenoxy) is 3. The summed E-state index contributed by atoms with van der Waals surface area (Å²) in [4.78, 5) is 56.7. The molecular weight excluding hydrogens is 534 g/mol. The van der Waals surface area contributed by atoms with Gasteiger partial charge in [-0.05, 0) is 72.1 Å². The topological polar surface area (TPSA) is 146 Å². The average molecular weight is 576 g/mol. The highest BCUT2D eigenvalue weighted by atomic mass is 16.6. The number of anilines is 2. The van der Waals surface area contributed by atoms with E-state index < -0.39 is 47.1 Å². The molecule has 0 spiro atoms. The molecule has 2 aliphatic heterocycles. The number of aliphatic hydroxyl groups is 1. The Bertz CT molecular complexity index is 1190. The standard InChI is InChI=1S/C29H41N3O9/c1-28(2,3)41-27(38)30-15-19(23(33)20(16-30)25(35)36)24(34)32(17-8-9-17)18-10-11-22-21(14-18)31(12-7-13-39-6)26(37)29(4,5)40-22/h10-11,14,17,19-20,23,33H,7-9,12-13,15-16H2,1-6H3,(H,35,36). The predicted octanol–water partition coefficient (Wildman–Crippen LogP) is 2.65. The molecule has 226 valence electrons. The molecule has 3 amide bonds. The van der Waals surface area contributed by atoms with E-state index in [0.29, 0.717) is 36.7 Å². The van der Waals surface area contributed by atoms with Crippen LogP contribution in [0.25, 0.3) is 0 Å². The molecule has 3 aliphatic rings. The van der Waals surface area contributed by atoms with Crippen molar-refractivity contribution in [1.82, 2.24) is 4.90 Å². The third-order valence-electron chi connectivity index (χ3n) is 7.46. The number of piperidine rings is 1. The lowest BCUT2D eigenvalue weighted by atomic mass is 9.85. The van der Waals surface area contributed by atoms with Gasteiger partial charge in [0.25, 0.3) is 5.91 Å². The second-order valence-corrected chi connectivity index (χ2v) is 12.4. The molecule has 3 unspecified atom stereocenters. The van der Waals surface area contributed by atoms with Crippen LogP contribution in [0.15, 0.2) is 18.2 Å². The summed E-state index contributed by atoms with van der Waals surface area (Å²) in [5, 5.41) is 20.9. The molecule has 2 heterocycles. The van der Waals surface area contributed by atoms with Crippen LogP contribution in [-0.2, 0) is 23.9 Å². The maximum absolute atomic E-state index is 14.1. The largest absolute Gasteiger partial charge is 0.481 e. The maximum atomic E-state index is 14.1. The van der Waals surface area contributed by atoms with Crippen molar-refractivity contribution >= 4 is 35.3 Å². The number of benzene rings is 1. The predicted molar refractivity (Wildman–Crippen MR) is 149 cm³/mol. The van der Waals surface area contributed by atoms with E-state index in [2.05, 4.69) is 0 Å². The second-order valence-electron chi connectivity index (χ2n) is 12.4. The van der Waals surface area contributed by atoms with Crippen molar-refractivity contribution in [3.63, 3.8) is 0 Å². The first kappa shape index (κ1) is 30.6. The summed E-state index contributed by atoms with van der Waals surface area (Å²) in [7, 11) is 1.59. The summed E-state index contributed by atoms with van der Waals surface area (Å²) in [6, 6.07) is 5.01. The summed E-state index contributed by atoms with van der Waals surface area (Å²) in [6.45, 7) is 8.88. The molecule has 0 aromatic heterocycles. The molecule has 0 bridgehead atoms. The van der Waals surface area contributed by atoms with Crippen molar-refractivity contribution < 1.29 is 43.6 Å². The van der Waals surface area contributed by atoms with Gasteiger partial charge in [0.05, 0.1) is 17.7 Å². The monoisotopic (exact) mass is 575 g/mol. The highest BCUT2D eigenvalue weighted by Crippen LogP contribution is 2.43. The Balaban J connectivity index is 1.67. The second kappa shape index (κ2) is 11.5. The van der Waals surface area contributed by atoms with Crippen molar-refractivity contribution in [3.8, 4) is 5.75 Å². The summed E-state index contributed by atoms with van der Waals surface area (Å²) >= 11 is 0. The number of methoxy groups -OCH3 is 1. The molecule has 1 saturated heterocycles. The highest BCUT2D eigenvalue weighted by molar-refractivity contribution is 6.04. The van der Waals surface area contributed by atoms with Gasteiger partial charge in [-0.15, -0.1) is 0 Å². The molecule has 12 heteroatoms. The van der Waals surface area contributed by atoms with E-state index in [-0.39, 0.29) is 25.0 Å². The van der Waals surface area contributed by atoms with Crippen molar-refractivity contribution in [3.05, 3.63) is 18.2 Å². The molecule has 2 fully saturated rings. The van der Waals surface area contributed by atoms with Gasteiger partial charge in [0.2, 0.25) is 5.91 Å². The Labute approximate surface area is 240 Å². The smallest absolute Gasteiger partial charge is 0.410 e. The Morgan fingerprint density at radius 3 is 2.39 bits per heavy atom. The van der Waals surface area contributed by atoms with Gasteiger partial charge in [0, 0.05) is 45.1 Å². The van der Waals surface area contributed by atoms with E-state index in [1.54, 1.807) is 69.7 Å². The van der Waals surface area contributed by atoms with Gasteiger partial charge < -0.3 is 39.1 Å². The van der Waals surface area contributed by atoms with Gasteiger partial charge in [-0.2, -0.15) is 0 Å². The zero-order valence-corrected chi connectivity index (χ0v) is 24.6. The number of hydrogen-bond donors (Lipinski definition) is 2. The number of amides is 3. The van der Waals surface area contributed by atoms with Crippen LogP contribution in [0.3, 0.4) is 0 Å². The van der Waals surface area contributed by atoms with E-state index in [1.165, 1.54) is 4.90 Å². The van der Waals surface area contributed by atoms with Crippen molar-refractivity contribution in [2.24, 2.45) is 11.8 Å². The number of rotatable bonds is 8. The lowest BCUT2D eigenvalue weighted by Crippen LogP contribution is -2.59. The zero-order chi connectivity index (χ0) is 30.3. The Morgan fingerprint density at radius 2 is 1.80 bits per heavy atom. The first-order valence-electron chi connectivity index (χ1n) is 14.0. The minimum atomic E-state index is -1.51. The number of carbonyl (C=O) groups is 4.